The highest BCUT2D eigenvalue weighted by Crippen LogP contribution is 2.66. The fourth-order valence-electron chi connectivity index (χ4n) is 10.5. The first kappa shape index (κ1) is 44.8. The minimum Gasteiger partial charge on any atom is -0.491 e. The van der Waals surface area contributed by atoms with Gasteiger partial charge in [-0.3, -0.25) is 29.4 Å². The summed E-state index contributed by atoms with van der Waals surface area (Å²) in [4.78, 5) is 73.5. The number of nitro groups is 1. The van der Waals surface area contributed by atoms with Gasteiger partial charge in [0.1, 0.15) is 48.0 Å². The SMILES string of the molecule is O=C1OC(c2ccccc2)C(c2ccccc2)N2C1C(C(=O)O)C1(C(=O)N(C(=O)OCc3ccc([N+](=O)[O-])cc3)c3ccc(C#CC4(O)CCCCCC4)cc31)C2c1ccccc1OCCO. The van der Waals surface area contributed by atoms with Gasteiger partial charge in [0.15, 0.2) is 0 Å². The number of hydrogen-bond donors (Lipinski definition) is 3. The number of esters is 1. The Kier molecular flexibility index (Phi) is 12.4. The highest BCUT2D eigenvalue weighted by Gasteiger charge is 2.76. The summed E-state index contributed by atoms with van der Waals surface area (Å²) >= 11 is 0. The number of benzene rings is 5. The third-order valence-electron chi connectivity index (χ3n) is 13.3. The summed E-state index contributed by atoms with van der Waals surface area (Å²) in [6.07, 6.45) is 2.19. The van der Waals surface area contributed by atoms with E-state index < -0.39 is 76.6 Å². The Morgan fingerprint density at radius 2 is 1.49 bits per heavy atom. The smallest absolute Gasteiger partial charge is 0.421 e. The summed E-state index contributed by atoms with van der Waals surface area (Å²) in [6, 6.07) is 30.7. The van der Waals surface area contributed by atoms with Crippen molar-refractivity contribution in [1.82, 2.24) is 4.90 Å². The highest BCUT2D eigenvalue weighted by atomic mass is 16.6. The number of rotatable bonds is 10. The van der Waals surface area contributed by atoms with Gasteiger partial charge in [-0.2, -0.15) is 0 Å². The minimum absolute atomic E-state index is 0.0217. The van der Waals surface area contributed by atoms with E-state index in [2.05, 4.69) is 11.8 Å². The van der Waals surface area contributed by atoms with Crippen molar-refractivity contribution in [3.63, 3.8) is 0 Å². The van der Waals surface area contributed by atoms with Gasteiger partial charge in [-0.05, 0) is 84.3 Å². The Labute approximate surface area is 385 Å². The first-order chi connectivity index (χ1) is 32.5. The van der Waals surface area contributed by atoms with Crippen LogP contribution in [0.5, 0.6) is 5.75 Å². The van der Waals surface area contributed by atoms with E-state index in [1.54, 1.807) is 65.6 Å². The zero-order valence-electron chi connectivity index (χ0n) is 36.2. The number of aliphatic hydroxyl groups excluding tert-OH is 1. The maximum Gasteiger partial charge on any atom is 0.421 e. The number of anilines is 1. The molecule has 0 bridgehead atoms. The zero-order valence-corrected chi connectivity index (χ0v) is 36.2. The number of morpholine rings is 1. The predicted molar refractivity (Wildman–Crippen MR) is 241 cm³/mol. The van der Waals surface area contributed by atoms with Crippen molar-refractivity contribution in [3.05, 3.63) is 171 Å². The van der Waals surface area contributed by atoms with Crippen LogP contribution in [-0.2, 0) is 35.9 Å². The molecule has 5 aromatic carbocycles. The molecule has 0 radical (unpaired) electrons. The summed E-state index contributed by atoms with van der Waals surface area (Å²) in [6.45, 7) is -0.966. The number of cyclic esters (lactones) is 1. The van der Waals surface area contributed by atoms with Crippen molar-refractivity contribution >= 4 is 35.3 Å². The number of aliphatic hydroxyl groups is 2. The number of nitro benzene ring substituents is 1. The molecule has 15 nitrogen and oxygen atoms in total. The molecule has 3 heterocycles. The topological polar surface area (TPSA) is 206 Å². The second-order valence-corrected chi connectivity index (χ2v) is 17.3. The number of nitrogens with zero attached hydrogens (tertiary/aromatic N) is 3. The van der Waals surface area contributed by atoms with Gasteiger partial charge in [0.05, 0.1) is 29.3 Å². The number of amides is 2. The Balaban J connectivity index is 1.30. The molecule has 9 rings (SSSR count). The predicted octanol–water partition coefficient (Wildman–Crippen LogP) is 7.49. The molecule has 0 aromatic heterocycles. The van der Waals surface area contributed by atoms with Crippen LogP contribution in [0.1, 0.15) is 90.1 Å². The maximum absolute atomic E-state index is 16.2. The van der Waals surface area contributed by atoms with Gasteiger partial charge in [-0.1, -0.05) is 104 Å². The number of carboxylic acids is 1. The Morgan fingerprint density at radius 3 is 2.15 bits per heavy atom. The number of para-hydroxylation sites is 1. The normalized spacial score (nSPS) is 24.1. The van der Waals surface area contributed by atoms with Crippen LogP contribution in [0.4, 0.5) is 16.2 Å². The summed E-state index contributed by atoms with van der Waals surface area (Å²) < 4.78 is 18.3. The van der Waals surface area contributed by atoms with E-state index in [1.807, 2.05) is 36.4 Å². The van der Waals surface area contributed by atoms with Crippen LogP contribution in [-0.4, -0.2) is 73.9 Å². The molecule has 3 aliphatic heterocycles. The summed E-state index contributed by atoms with van der Waals surface area (Å²) in [7, 11) is 0. The molecule has 1 spiro atoms. The Hall–Kier alpha value is -7.38. The lowest BCUT2D eigenvalue weighted by atomic mass is 9.65. The molecule has 5 aromatic rings. The van der Waals surface area contributed by atoms with Gasteiger partial charge in [-0.15, -0.1) is 0 Å². The number of carbonyl (C=O) groups excluding carboxylic acids is 3. The lowest BCUT2D eigenvalue weighted by Gasteiger charge is -2.46. The number of carbonyl (C=O) groups is 4. The monoisotopic (exact) mass is 905 g/mol. The van der Waals surface area contributed by atoms with Crippen LogP contribution >= 0.6 is 0 Å². The molecule has 2 amide bonds. The average Bonchev–Trinajstić information content (AvgIpc) is 3.68. The third-order valence-corrected chi connectivity index (χ3v) is 13.3. The molecule has 1 saturated carbocycles. The Morgan fingerprint density at radius 1 is 0.836 bits per heavy atom. The Bertz CT molecular complexity index is 2770. The van der Waals surface area contributed by atoms with E-state index in [-0.39, 0.29) is 41.5 Å². The molecule has 15 heteroatoms. The number of fused-ring (bicyclic) bond motifs is 3. The molecule has 342 valence electrons. The number of carboxylic acid groups (broad SMARTS) is 1. The molecular weight excluding hydrogens is 859 g/mol. The molecular formula is C52H47N3O12. The van der Waals surface area contributed by atoms with E-state index in [9.17, 15) is 39.8 Å². The first-order valence-corrected chi connectivity index (χ1v) is 22.2. The fraction of sp³-hybridized carbons (Fsp3) is 0.308. The van der Waals surface area contributed by atoms with Gasteiger partial charge >= 0.3 is 18.0 Å². The highest BCUT2D eigenvalue weighted by molar-refractivity contribution is 6.23. The summed E-state index contributed by atoms with van der Waals surface area (Å²) in [5.41, 5.74) is -1.56. The van der Waals surface area contributed by atoms with Crippen molar-refractivity contribution in [2.75, 3.05) is 18.1 Å². The largest absolute Gasteiger partial charge is 0.491 e. The number of imide groups is 1. The summed E-state index contributed by atoms with van der Waals surface area (Å²) in [5.74, 6) is 0.987. The maximum atomic E-state index is 16.2. The van der Waals surface area contributed by atoms with Crippen LogP contribution < -0.4 is 9.64 Å². The van der Waals surface area contributed by atoms with E-state index >= 15 is 4.79 Å². The van der Waals surface area contributed by atoms with Crippen LogP contribution in [0.2, 0.25) is 0 Å². The molecule has 3 fully saturated rings. The molecule has 6 unspecified atom stereocenters. The lowest BCUT2D eigenvalue weighted by Crippen LogP contribution is -2.53. The van der Waals surface area contributed by atoms with Crippen LogP contribution in [0.15, 0.2) is 127 Å². The number of aliphatic carboxylic acids is 1. The molecule has 1 aliphatic carbocycles. The third kappa shape index (κ3) is 8.07. The number of non-ortho nitro benzene ring substituents is 1. The lowest BCUT2D eigenvalue weighted by molar-refractivity contribution is -0.384. The molecule has 2 saturated heterocycles. The van der Waals surface area contributed by atoms with Crippen molar-refractivity contribution in [1.29, 1.82) is 0 Å². The second-order valence-electron chi connectivity index (χ2n) is 17.3. The number of ether oxygens (including phenoxy) is 3. The van der Waals surface area contributed by atoms with Crippen molar-refractivity contribution in [2.45, 2.75) is 80.4 Å². The summed E-state index contributed by atoms with van der Waals surface area (Å²) in [5, 5.41) is 44.6. The zero-order chi connectivity index (χ0) is 46.9. The van der Waals surface area contributed by atoms with Gasteiger partial charge < -0.3 is 29.5 Å². The first-order valence-electron chi connectivity index (χ1n) is 22.2. The van der Waals surface area contributed by atoms with E-state index in [4.69, 9.17) is 14.2 Å². The quantitative estimate of drug-likeness (QED) is 0.0409. The van der Waals surface area contributed by atoms with Crippen molar-refractivity contribution < 1.29 is 53.6 Å². The van der Waals surface area contributed by atoms with Crippen LogP contribution in [0, 0.1) is 27.9 Å². The second kappa shape index (κ2) is 18.5. The van der Waals surface area contributed by atoms with Gasteiger partial charge in [0.25, 0.3) is 5.69 Å². The molecule has 3 N–H and O–H groups in total. The van der Waals surface area contributed by atoms with Gasteiger partial charge in [0.2, 0.25) is 5.91 Å². The van der Waals surface area contributed by atoms with E-state index in [0.29, 0.717) is 35.1 Å². The van der Waals surface area contributed by atoms with Crippen LogP contribution in [0.25, 0.3) is 0 Å². The molecule has 67 heavy (non-hydrogen) atoms. The van der Waals surface area contributed by atoms with Gasteiger partial charge in [-0.25, -0.2) is 9.69 Å². The van der Waals surface area contributed by atoms with E-state index in [1.165, 1.54) is 30.3 Å². The van der Waals surface area contributed by atoms with Gasteiger partial charge in [0, 0.05) is 23.3 Å². The number of hydrogen-bond acceptors (Lipinski definition) is 12. The van der Waals surface area contributed by atoms with Crippen LogP contribution in [0.3, 0.4) is 0 Å². The molecule has 6 atom stereocenters. The van der Waals surface area contributed by atoms with Crippen molar-refractivity contribution in [2.24, 2.45) is 5.92 Å². The average molecular weight is 906 g/mol. The fourth-order valence-corrected chi connectivity index (χ4v) is 10.5. The molecule has 4 aliphatic rings. The van der Waals surface area contributed by atoms with Crippen molar-refractivity contribution in [3.8, 4) is 17.6 Å². The van der Waals surface area contributed by atoms with E-state index in [0.717, 1.165) is 30.6 Å². The minimum atomic E-state index is -2.33. The standard InChI is InChI=1S/C52H47N3O12/c56-29-30-65-41-18-10-9-17-38(41)46-52(42(47(57)58)44-48(59)67-45(36-15-7-4-8-16-36)43(54(44)46)35-13-5-3-6-14-35)39-31-33(25-28-51(62)26-11-1-2-12-27-51)21-24-40(39)53(49(52)60)50(61)66-32-34-19-22-37(23-20-34)55(63)64/h3-10,13-24,31,42-46,56,62H,1-2,11-12,26-27,29-30,32H2,(H,57,58).